The number of anilines is 1. The highest BCUT2D eigenvalue weighted by Crippen LogP contribution is 2.22. The van der Waals surface area contributed by atoms with Gasteiger partial charge in [-0.3, -0.25) is 13.9 Å². The average molecular weight is 502 g/mol. The maximum absolute atomic E-state index is 13.6. The minimum Gasteiger partial charge on any atom is -0.354 e. The molecule has 1 atom stereocenters. The van der Waals surface area contributed by atoms with Crippen molar-refractivity contribution >= 4 is 27.5 Å². The van der Waals surface area contributed by atoms with Crippen LogP contribution in [0.1, 0.15) is 49.8 Å². The molecule has 2 aromatic carbocycles. The second-order valence-corrected chi connectivity index (χ2v) is 10.9. The zero-order valence-corrected chi connectivity index (χ0v) is 22.4. The molecule has 0 aliphatic rings. The van der Waals surface area contributed by atoms with Crippen molar-refractivity contribution in [2.45, 2.75) is 59.4 Å². The molecule has 1 N–H and O–H groups in total. The third-order valence-electron chi connectivity index (χ3n) is 5.87. The fourth-order valence-corrected chi connectivity index (χ4v) is 4.94. The fourth-order valence-electron chi connectivity index (χ4n) is 4.11. The van der Waals surface area contributed by atoms with Crippen LogP contribution in [0, 0.1) is 13.8 Å². The summed E-state index contributed by atoms with van der Waals surface area (Å²) in [6, 6.07) is 14.5. The Hall–Kier alpha value is -2.87. The predicted octanol–water partition coefficient (Wildman–Crippen LogP) is 3.84. The molecule has 0 heterocycles. The molecule has 0 radical (unpaired) electrons. The lowest BCUT2D eigenvalue weighted by atomic mass is 10.1. The summed E-state index contributed by atoms with van der Waals surface area (Å²) in [4.78, 5) is 28.2. The molecular weight excluding hydrogens is 462 g/mol. The van der Waals surface area contributed by atoms with E-state index in [9.17, 15) is 18.0 Å². The molecule has 0 aliphatic heterocycles. The van der Waals surface area contributed by atoms with E-state index in [2.05, 4.69) is 5.32 Å². The number of benzene rings is 2. The topological polar surface area (TPSA) is 86.8 Å². The van der Waals surface area contributed by atoms with Crippen molar-refractivity contribution in [2.24, 2.45) is 0 Å². The molecule has 35 heavy (non-hydrogen) atoms. The van der Waals surface area contributed by atoms with E-state index in [4.69, 9.17) is 0 Å². The third-order valence-corrected chi connectivity index (χ3v) is 7.01. The zero-order valence-electron chi connectivity index (χ0n) is 21.6. The van der Waals surface area contributed by atoms with E-state index < -0.39 is 22.0 Å². The minimum atomic E-state index is -3.73. The third kappa shape index (κ3) is 8.69. The molecule has 2 aromatic rings. The van der Waals surface area contributed by atoms with Crippen LogP contribution in [0.15, 0.2) is 48.5 Å². The molecular formula is C27H39N3O4S. The minimum absolute atomic E-state index is 0.209. The first-order chi connectivity index (χ1) is 16.6. The maximum Gasteiger partial charge on any atom is 0.244 e. The van der Waals surface area contributed by atoms with Gasteiger partial charge in [0.1, 0.15) is 12.6 Å². The molecule has 0 spiro atoms. The molecule has 0 saturated heterocycles. The Kier molecular flexibility index (Phi) is 10.8. The molecule has 0 unspecified atom stereocenters. The summed E-state index contributed by atoms with van der Waals surface area (Å²) in [6.45, 7) is 8.18. The number of aryl methyl sites for hydroxylation is 2. The SMILES string of the molecule is CCCCNC(=O)[C@H](CC)N(CCc1ccccc1)C(=O)CN(c1cc(C)cc(C)c1)S(C)(=O)=O. The van der Waals surface area contributed by atoms with Crippen LogP contribution in [0.5, 0.6) is 0 Å². The van der Waals surface area contributed by atoms with Crippen molar-refractivity contribution in [1.29, 1.82) is 0 Å². The van der Waals surface area contributed by atoms with Crippen LogP contribution in [0.4, 0.5) is 5.69 Å². The van der Waals surface area contributed by atoms with Gasteiger partial charge in [0.15, 0.2) is 0 Å². The molecule has 192 valence electrons. The number of rotatable bonds is 13. The monoisotopic (exact) mass is 501 g/mol. The van der Waals surface area contributed by atoms with Crippen LogP contribution in [0.2, 0.25) is 0 Å². The van der Waals surface area contributed by atoms with Gasteiger partial charge in [0.05, 0.1) is 11.9 Å². The van der Waals surface area contributed by atoms with Crippen LogP contribution in [-0.2, 0) is 26.0 Å². The first-order valence-corrected chi connectivity index (χ1v) is 14.1. The summed E-state index contributed by atoms with van der Waals surface area (Å²) in [6.07, 6.45) is 3.90. The van der Waals surface area contributed by atoms with Crippen molar-refractivity contribution in [3.8, 4) is 0 Å². The Morgan fingerprint density at radius 3 is 2.17 bits per heavy atom. The number of nitrogens with one attached hydrogen (secondary N) is 1. The second-order valence-electron chi connectivity index (χ2n) is 9.01. The molecule has 0 bridgehead atoms. The van der Waals surface area contributed by atoms with Crippen molar-refractivity contribution < 1.29 is 18.0 Å². The van der Waals surface area contributed by atoms with Gasteiger partial charge < -0.3 is 10.2 Å². The number of carbonyl (C=O) groups excluding carboxylic acids is 2. The standard InChI is InChI=1S/C27H39N3O4S/c1-6-8-15-28-27(32)25(7-2)29(16-14-23-12-10-9-11-13-23)26(31)20-30(35(5,33)34)24-18-21(3)17-22(4)19-24/h9-13,17-19,25H,6-8,14-16,20H2,1-5H3,(H,28,32)/t25-/m0/s1. The molecule has 8 heteroatoms. The molecule has 0 aromatic heterocycles. The van der Waals surface area contributed by atoms with Crippen LogP contribution in [-0.4, -0.2) is 57.1 Å². The maximum atomic E-state index is 13.6. The average Bonchev–Trinajstić information content (AvgIpc) is 2.79. The highest BCUT2D eigenvalue weighted by atomic mass is 32.2. The molecule has 2 rings (SSSR count). The van der Waals surface area contributed by atoms with Crippen molar-refractivity contribution in [3.05, 3.63) is 65.2 Å². The van der Waals surface area contributed by atoms with Gasteiger partial charge in [-0.25, -0.2) is 8.42 Å². The number of hydrogen-bond acceptors (Lipinski definition) is 4. The van der Waals surface area contributed by atoms with Crippen molar-refractivity contribution in [3.63, 3.8) is 0 Å². The second kappa shape index (κ2) is 13.3. The van der Waals surface area contributed by atoms with Crippen LogP contribution in [0.25, 0.3) is 0 Å². The summed E-state index contributed by atoms with van der Waals surface area (Å²) < 4.78 is 26.6. The van der Waals surface area contributed by atoms with Crippen molar-refractivity contribution in [1.82, 2.24) is 10.2 Å². The van der Waals surface area contributed by atoms with E-state index in [0.717, 1.165) is 40.1 Å². The van der Waals surface area contributed by atoms with Gasteiger partial charge in [-0.1, -0.05) is 56.7 Å². The van der Waals surface area contributed by atoms with Gasteiger partial charge in [-0.2, -0.15) is 0 Å². The van der Waals surface area contributed by atoms with E-state index in [1.807, 2.05) is 64.1 Å². The number of unbranched alkanes of at least 4 members (excludes halogenated alkanes) is 1. The van der Waals surface area contributed by atoms with Gasteiger partial charge in [0.2, 0.25) is 21.8 Å². The van der Waals surface area contributed by atoms with Crippen LogP contribution < -0.4 is 9.62 Å². The normalized spacial score (nSPS) is 12.1. The molecule has 0 fully saturated rings. The van der Waals surface area contributed by atoms with Gasteiger partial charge in [0.25, 0.3) is 0 Å². The first kappa shape index (κ1) is 28.4. The van der Waals surface area contributed by atoms with E-state index in [1.54, 1.807) is 12.1 Å². The number of amides is 2. The van der Waals surface area contributed by atoms with E-state index in [-0.39, 0.29) is 12.5 Å². The van der Waals surface area contributed by atoms with Crippen LogP contribution in [0.3, 0.4) is 0 Å². The van der Waals surface area contributed by atoms with E-state index >= 15 is 0 Å². The number of carbonyl (C=O) groups is 2. The number of nitrogens with zero attached hydrogens (tertiary/aromatic N) is 2. The molecule has 0 saturated carbocycles. The van der Waals surface area contributed by atoms with Gasteiger partial charge in [-0.05, 0) is 61.9 Å². The molecule has 0 aliphatic carbocycles. The van der Waals surface area contributed by atoms with Gasteiger partial charge in [-0.15, -0.1) is 0 Å². The Balaban J connectivity index is 2.35. The van der Waals surface area contributed by atoms with Crippen LogP contribution >= 0.6 is 0 Å². The summed E-state index contributed by atoms with van der Waals surface area (Å²) >= 11 is 0. The smallest absolute Gasteiger partial charge is 0.244 e. The van der Waals surface area contributed by atoms with E-state index in [1.165, 1.54) is 4.90 Å². The largest absolute Gasteiger partial charge is 0.354 e. The van der Waals surface area contributed by atoms with Gasteiger partial charge >= 0.3 is 0 Å². The predicted molar refractivity (Wildman–Crippen MR) is 142 cm³/mol. The lowest BCUT2D eigenvalue weighted by Gasteiger charge is -2.33. The Morgan fingerprint density at radius 2 is 1.63 bits per heavy atom. The number of sulfonamides is 1. The Bertz CT molecular complexity index is 1070. The first-order valence-electron chi connectivity index (χ1n) is 12.2. The van der Waals surface area contributed by atoms with Crippen molar-refractivity contribution in [2.75, 3.05) is 30.2 Å². The lowest BCUT2D eigenvalue weighted by molar-refractivity contribution is -0.139. The summed E-state index contributed by atoms with van der Waals surface area (Å²) in [7, 11) is -3.73. The summed E-state index contributed by atoms with van der Waals surface area (Å²) in [5.41, 5.74) is 3.30. The fraction of sp³-hybridized carbons (Fsp3) is 0.481. The highest BCUT2D eigenvalue weighted by molar-refractivity contribution is 7.92. The lowest BCUT2D eigenvalue weighted by Crippen LogP contribution is -2.53. The molecule has 7 nitrogen and oxygen atoms in total. The number of hydrogen-bond donors (Lipinski definition) is 1. The Morgan fingerprint density at radius 1 is 1.00 bits per heavy atom. The van der Waals surface area contributed by atoms with Gasteiger partial charge in [0, 0.05) is 13.1 Å². The Labute approximate surface area is 210 Å². The summed E-state index contributed by atoms with van der Waals surface area (Å²) in [5, 5.41) is 2.93. The van der Waals surface area contributed by atoms with E-state index in [0.29, 0.717) is 31.6 Å². The zero-order chi connectivity index (χ0) is 26.0. The summed E-state index contributed by atoms with van der Waals surface area (Å²) in [5.74, 6) is -0.609. The highest BCUT2D eigenvalue weighted by Gasteiger charge is 2.31. The molecule has 2 amide bonds. The quantitative estimate of drug-likeness (QED) is 0.423.